The number of imide groups is 2. The summed E-state index contributed by atoms with van der Waals surface area (Å²) in [6.45, 7) is 2.02. The monoisotopic (exact) mass is 445 g/mol. The highest BCUT2D eigenvalue weighted by molar-refractivity contribution is 6.33. The summed E-state index contributed by atoms with van der Waals surface area (Å²) in [6.07, 6.45) is 1.26. The third kappa shape index (κ3) is 5.17. The maximum absolute atomic E-state index is 11.9. The van der Waals surface area contributed by atoms with Gasteiger partial charge in [-0.25, -0.2) is 4.79 Å². The molecule has 0 unspecified atom stereocenters. The molecule has 1 aliphatic heterocycles. The highest BCUT2D eigenvalue weighted by Crippen LogP contribution is 2.38. The number of nitro groups is 1. The molecule has 4 amide bonds. The van der Waals surface area contributed by atoms with Crippen LogP contribution in [-0.2, 0) is 16.2 Å². The van der Waals surface area contributed by atoms with Crippen molar-refractivity contribution in [3.05, 3.63) is 68.2 Å². The fourth-order valence-corrected chi connectivity index (χ4v) is 3.04. The predicted molar refractivity (Wildman–Crippen MR) is 110 cm³/mol. The number of rotatable bonds is 7. The van der Waals surface area contributed by atoms with Crippen LogP contribution in [0.4, 0.5) is 10.5 Å². The number of nitrogens with zero attached hydrogens (tertiary/aromatic N) is 1. The molecule has 0 atom stereocenters. The number of non-ortho nitro benzene ring substituents is 1. The quantitative estimate of drug-likeness (QED) is 0.289. The van der Waals surface area contributed by atoms with Gasteiger partial charge in [-0.1, -0.05) is 23.7 Å². The lowest BCUT2D eigenvalue weighted by molar-refractivity contribution is -0.384. The fraction of sp³-hybridized carbons (Fsp3) is 0.150. The van der Waals surface area contributed by atoms with Gasteiger partial charge in [0.2, 0.25) is 0 Å². The minimum Gasteiger partial charge on any atom is -0.490 e. The number of amides is 4. The molecule has 1 heterocycles. The molecule has 1 saturated heterocycles. The SMILES string of the molecule is CCOc1cc(C=C2C(=O)NC(=O)NC2=O)cc(Cl)c1OCc1cccc([N+](=O)[O-])c1. The molecule has 0 aromatic heterocycles. The zero-order valence-electron chi connectivity index (χ0n) is 16.1. The van der Waals surface area contributed by atoms with Crippen LogP contribution in [0.1, 0.15) is 18.1 Å². The molecule has 3 rings (SSSR count). The van der Waals surface area contributed by atoms with Crippen molar-refractivity contribution in [3.8, 4) is 11.5 Å². The number of carbonyl (C=O) groups excluding carboxylic acids is 3. The van der Waals surface area contributed by atoms with E-state index in [-0.39, 0.29) is 41.0 Å². The number of urea groups is 1. The zero-order chi connectivity index (χ0) is 22.5. The third-order valence-electron chi connectivity index (χ3n) is 4.09. The maximum atomic E-state index is 11.9. The Hall–Kier alpha value is -3.92. The fourth-order valence-electron chi connectivity index (χ4n) is 2.76. The summed E-state index contributed by atoms with van der Waals surface area (Å²) < 4.78 is 11.3. The molecule has 1 fully saturated rings. The molecular weight excluding hydrogens is 430 g/mol. The van der Waals surface area contributed by atoms with Gasteiger partial charge in [-0.2, -0.15) is 0 Å². The number of hydrogen-bond donors (Lipinski definition) is 2. The van der Waals surface area contributed by atoms with Crippen molar-refractivity contribution in [3.63, 3.8) is 0 Å². The van der Waals surface area contributed by atoms with Gasteiger partial charge in [-0.05, 0) is 36.3 Å². The number of barbiturate groups is 1. The molecule has 0 spiro atoms. The summed E-state index contributed by atoms with van der Waals surface area (Å²) in [4.78, 5) is 45.4. The van der Waals surface area contributed by atoms with Gasteiger partial charge in [-0.15, -0.1) is 0 Å². The van der Waals surface area contributed by atoms with Crippen molar-refractivity contribution < 1.29 is 28.8 Å². The van der Waals surface area contributed by atoms with Crippen molar-refractivity contribution >= 4 is 41.2 Å². The Morgan fingerprint density at radius 1 is 1.10 bits per heavy atom. The van der Waals surface area contributed by atoms with E-state index in [1.54, 1.807) is 19.1 Å². The predicted octanol–water partition coefficient (Wildman–Crippen LogP) is 2.98. The molecule has 2 aromatic rings. The Labute approximate surface area is 180 Å². The third-order valence-corrected chi connectivity index (χ3v) is 4.37. The van der Waals surface area contributed by atoms with E-state index in [2.05, 4.69) is 0 Å². The Bertz CT molecular complexity index is 1090. The number of benzene rings is 2. The molecule has 160 valence electrons. The van der Waals surface area contributed by atoms with E-state index >= 15 is 0 Å². The smallest absolute Gasteiger partial charge is 0.328 e. The molecule has 1 aliphatic rings. The van der Waals surface area contributed by atoms with Crippen molar-refractivity contribution in [2.24, 2.45) is 0 Å². The first-order valence-corrected chi connectivity index (χ1v) is 9.37. The molecule has 10 nitrogen and oxygen atoms in total. The highest BCUT2D eigenvalue weighted by Gasteiger charge is 2.28. The van der Waals surface area contributed by atoms with E-state index in [1.807, 2.05) is 10.6 Å². The van der Waals surface area contributed by atoms with Crippen LogP contribution in [0.2, 0.25) is 5.02 Å². The van der Waals surface area contributed by atoms with Gasteiger partial charge in [0.15, 0.2) is 11.5 Å². The summed E-state index contributed by atoms with van der Waals surface area (Å²) in [5.41, 5.74) is 0.579. The molecule has 2 aromatic carbocycles. The van der Waals surface area contributed by atoms with Crippen LogP contribution in [-0.4, -0.2) is 29.4 Å². The van der Waals surface area contributed by atoms with Crippen molar-refractivity contribution in [2.45, 2.75) is 13.5 Å². The topological polar surface area (TPSA) is 137 Å². The largest absolute Gasteiger partial charge is 0.490 e. The van der Waals surface area contributed by atoms with Crippen molar-refractivity contribution in [1.82, 2.24) is 10.6 Å². The summed E-state index contributed by atoms with van der Waals surface area (Å²) in [5.74, 6) is -1.23. The first-order chi connectivity index (χ1) is 14.8. The number of ether oxygens (including phenoxy) is 2. The van der Waals surface area contributed by atoms with Gasteiger partial charge < -0.3 is 9.47 Å². The van der Waals surface area contributed by atoms with Gasteiger partial charge in [0.25, 0.3) is 17.5 Å². The van der Waals surface area contributed by atoms with Gasteiger partial charge in [0.05, 0.1) is 16.6 Å². The summed E-state index contributed by atoms with van der Waals surface area (Å²) >= 11 is 6.33. The molecule has 0 radical (unpaired) electrons. The number of halogens is 1. The summed E-state index contributed by atoms with van der Waals surface area (Å²) in [5, 5.41) is 15.0. The van der Waals surface area contributed by atoms with E-state index < -0.39 is 22.8 Å². The van der Waals surface area contributed by atoms with Gasteiger partial charge in [0.1, 0.15) is 12.2 Å². The maximum Gasteiger partial charge on any atom is 0.328 e. The molecule has 0 aliphatic carbocycles. The number of carbonyl (C=O) groups is 3. The van der Waals surface area contributed by atoms with E-state index in [0.717, 1.165) is 0 Å². The molecule has 2 N–H and O–H groups in total. The second kappa shape index (κ2) is 9.26. The van der Waals surface area contributed by atoms with Gasteiger partial charge >= 0.3 is 6.03 Å². The lowest BCUT2D eigenvalue weighted by Crippen LogP contribution is -2.51. The molecule has 0 saturated carbocycles. The van der Waals surface area contributed by atoms with Crippen LogP contribution < -0.4 is 20.1 Å². The van der Waals surface area contributed by atoms with E-state index in [4.69, 9.17) is 21.1 Å². The number of nitro benzene ring substituents is 1. The molecule has 31 heavy (non-hydrogen) atoms. The van der Waals surface area contributed by atoms with E-state index in [1.165, 1.54) is 30.3 Å². The molecule has 11 heteroatoms. The van der Waals surface area contributed by atoms with Crippen LogP contribution >= 0.6 is 11.6 Å². The first-order valence-electron chi connectivity index (χ1n) is 8.99. The normalized spacial score (nSPS) is 13.4. The average molecular weight is 446 g/mol. The van der Waals surface area contributed by atoms with Crippen molar-refractivity contribution in [1.29, 1.82) is 0 Å². The van der Waals surface area contributed by atoms with Crippen LogP contribution in [0.25, 0.3) is 6.08 Å². The first kappa shape index (κ1) is 21.8. The lowest BCUT2D eigenvalue weighted by atomic mass is 10.1. The molecule has 0 bridgehead atoms. The minimum atomic E-state index is -0.898. The average Bonchev–Trinajstić information content (AvgIpc) is 2.70. The van der Waals surface area contributed by atoms with Crippen LogP contribution in [0.3, 0.4) is 0 Å². The second-order valence-electron chi connectivity index (χ2n) is 6.27. The Morgan fingerprint density at radius 3 is 2.45 bits per heavy atom. The van der Waals surface area contributed by atoms with Crippen molar-refractivity contribution in [2.75, 3.05) is 6.61 Å². The number of nitrogens with one attached hydrogen (secondary N) is 2. The lowest BCUT2D eigenvalue weighted by Gasteiger charge is -2.16. The van der Waals surface area contributed by atoms with Gasteiger partial charge in [0, 0.05) is 12.1 Å². The summed E-state index contributed by atoms with van der Waals surface area (Å²) in [6, 6.07) is 8.04. The van der Waals surface area contributed by atoms with Crippen LogP contribution in [0.5, 0.6) is 11.5 Å². The zero-order valence-corrected chi connectivity index (χ0v) is 16.9. The highest BCUT2D eigenvalue weighted by atomic mass is 35.5. The second-order valence-corrected chi connectivity index (χ2v) is 6.68. The van der Waals surface area contributed by atoms with E-state index in [9.17, 15) is 24.5 Å². The Kier molecular flexibility index (Phi) is 6.51. The summed E-state index contributed by atoms with van der Waals surface area (Å²) in [7, 11) is 0. The van der Waals surface area contributed by atoms with E-state index in [0.29, 0.717) is 11.1 Å². The number of hydrogen-bond acceptors (Lipinski definition) is 7. The molecular formula is C20H16ClN3O7. The van der Waals surface area contributed by atoms with Gasteiger partial charge in [-0.3, -0.25) is 30.3 Å². The minimum absolute atomic E-state index is 0.00513. The Balaban J connectivity index is 1.89. The van der Waals surface area contributed by atoms with Crippen LogP contribution in [0, 0.1) is 10.1 Å². The standard InChI is InChI=1S/C20H16ClN3O7/c1-2-30-16-9-12(7-14-18(25)22-20(27)23-19(14)26)8-15(21)17(16)31-10-11-4-3-5-13(6-11)24(28)29/h3-9H,2,10H2,1H3,(H2,22,23,25,26,27). The Morgan fingerprint density at radius 2 is 1.81 bits per heavy atom. The van der Waals surface area contributed by atoms with Crippen LogP contribution in [0.15, 0.2) is 42.0 Å².